The van der Waals surface area contributed by atoms with Crippen molar-refractivity contribution in [1.82, 2.24) is 0 Å². The van der Waals surface area contributed by atoms with Crippen LogP contribution in [0.3, 0.4) is 0 Å². The van der Waals surface area contributed by atoms with Gasteiger partial charge in [0.2, 0.25) is 0 Å². The van der Waals surface area contributed by atoms with Gasteiger partial charge in [-0.15, -0.1) is 0 Å². The van der Waals surface area contributed by atoms with Gasteiger partial charge in [-0.3, -0.25) is 4.79 Å². The van der Waals surface area contributed by atoms with Crippen molar-refractivity contribution in [2.45, 2.75) is 6.42 Å². The van der Waals surface area contributed by atoms with Crippen molar-refractivity contribution in [2.24, 2.45) is 0 Å². The van der Waals surface area contributed by atoms with E-state index in [2.05, 4.69) is 44.0 Å². The van der Waals surface area contributed by atoms with E-state index in [0.29, 0.717) is 12.3 Å². The highest BCUT2D eigenvalue weighted by Gasteiger charge is 2.24. The van der Waals surface area contributed by atoms with Crippen molar-refractivity contribution < 1.29 is 9.53 Å². The van der Waals surface area contributed by atoms with Crippen LogP contribution in [0.15, 0.2) is 63.5 Å². The number of nitrogens with zero attached hydrogens (tertiary/aromatic N) is 1. The van der Waals surface area contributed by atoms with Crippen LogP contribution in [-0.2, 0) is 11.2 Å². The Morgan fingerprint density at radius 2 is 1.92 bits per heavy atom. The summed E-state index contributed by atoms with van der Waals surface area (Å²) in [4.78, 5) is 14.4. The Labute approximate surface area is 162 Å². The molecule has 0 aromatic heterocycles. The molecule has 1 aliphatic rings. The van der Waals surface area contributed by atoms with Gasteiger partial charge in [-0.2, -0.15) is 0 Å². The number of benzene rings is 3. The second-order valence-electron chi connectivity index (χ2n) is 5.96. The molecule has 0 saturated carbocycles. The summed E-state index contributed by atoms with van der Waals surface area (Å²) in [5, 5.41) is 2.16. The molecule has 0 N–H and O–H groups in total. The van der Waals surface area contributed by atoms with E-state index in [9.17, 15) is 4.79 Å². The zero-order valence-electron chi connectivity index (χ0n) is 13.3. The summed E-state index contributed by atoms with van der Waals surface area (Å²) in [5.41, 5.74) is 2.21. The standard InChI is InChI=1S/C20H15Br2NO2/c21-15-6-7-16-14(11-15)5-8-18(20(16)22)25-12-19(24)23-10-9-13-3-1-2-4-17(13)23/h1-8,11H,9-10,12H2. The van der Waals surface area contributed by atoms with Crippen molar-refractivity contribution in [3.63, 3.8) is 0 Å². The molecule has 3 aromatic rings. The van der Waals surface area contributed by atoms with Gasteiger partial charge in [0.25, 0.3) is 5.91 Å². The first-order valence-corrected chi connectivity index (χ1v) is 9.61. The van der Waals surface area contributed by atoms with E-state index >= 15 is 0 Å². The number of amides is 1. The molecule has 3 aromatic carbocycles. The SMILES string of the molecule is O=C(COc1ccc2cc(Br)ccc2c1Br)N1CCc2ccccc21. The topological polar surface area (TPSA) is 29.5 Å². The summed E-state index contributed by atoms with van der Waals surface area (Å²) in [6.07, 6.45) is 0.899. The number of carbonyl (C=O) groups is 1. The Balaban J connectivity index is 1.52. The fraction of sp³-hybridized carbons (Fsp3) is 0.150. The molecule has 4 rings (SSSR count). The maximum atomic E-state index is 12.6. The molecule has 1 amide bonds. The molecule has 0 bridgehead atoms. The van der Waals surface area contributed by atoms with Crippen LogP contribution in [0.4, 0.5) is 5.69 Å². The third-order valence-electron chi connectivity index (χ3n) is 4.42. The molecule has 0 aliphatic carbocycles. The zero-order valence-corrected chi connectivity index (χ0v) is 16.5. The average molecular weight is 461 g/mol. The lowest BCUT2D eigenvalue weighted by Crippen LogP contribution is -2.33. The minimum absolute atomic E-state index is 0.0206. The molecule has 0 radical (unpaired) electrons. The lowest BCUT2D eigenvalue weighted by molar-refractivity contribution is -0.120. The second-order valence-corrected chi connectivity index (χ2v) is 7.66. The highest BCUT2D eigenvalue weighted by atomic mass is 79.9. The van der Waals surface area contributed by atoms with Gasteiger partial charge in [-0.05, 0) is 63.0 Å². The summed E-state index contributed by atoms with van der Waals surface area (Å²) in [5.74, 6) is 0.656. The average Bonchev–Trinajstić information content (AvgIpc) is 3.05. The molecule has 0 atom stereocenters. The number of hydrogen-bond donors (Lipinski definition) is 0. The summed E-state index contributed by atoms with van der Waals surface area (Å²) in [7, 11) is 0. The molecule has 3 nitrogen and oxygen atoms in total. The van der Waals surface area contributed by atoms with Crippen molar-refractivity contribution in [3.05, 3.63) is 69.1 Å². The predicted octanol–water partition coefficient (Wildman–Crippen LogP) is 5.33. The molecule has 126 valence electrons. The summed E-state index contributed by atoms with van der Waals surface area (Å²) in [6, 6.07) is 18.0. The molecule has 0 fully saturated rings. The number of fused-ring (bicyclic) bond motifs is 2. The van der Waals surface area contributed by atoms with Gasteiger partial charge < -0.3 is 9.64 Å². The first-order chi connectivity index (χ1) is 12.1. The highest BCUT2D eigenvalue weighted by Crippen LogP contribution is 2.34. The lowest BCUT2D eigenvalue weighted by Gasteiger charge is -2.18. The van der Waals surface area contributed by atoms with Crippen molar-refractivity contribution in [1.29, 1.82) is 0 Å². The Bertz CT molecular complexity index is 971. The van der Waals surface area contributed by atoms with E-state index in [-0.39, 0.29) is 12.5 Å². The Hall–Kier alpha value is -1.85. The first-order valence-electron chi connectivity index (χ1n) is 8.02. The zero-order chi connectivity index (χ0) is 17.4. The minimum Gasteiger partial charge on any atom is -0.483 e. The van der Waals surface area contributed by atoms with Crippen molar-refractivity contribution >= 4 is 54.2 Å². The van der Waals surface area contributed by atoms with Crippen molar-refractivity contribution in [3.8, 4) is 5.75 Å². The smallest absolute Gasteiger partial charge is 0.264 e. The van der Waals surface area contributed by atoms with Crippen LogP contribution in [-0.4, -0.2) is 19.1 Å². The quantitative estimate of drug-likeness (QED) is 0.528. The van der Waals surface area contributed by atoms with E-state index in [1.165, 1.54) is 5.56 Å². The second kappa shape index (κ2) is 6.81. The molecule has 0 spiro atoms. The number of anilines is 1. The maximum Gasteiger partial charge on any atom is 0.264 e. The van der Waals surface area contributed by atoms with Crippen LogP contribution >= 0.6 is 31.9 Å². The number of rotatable bonds is 3. The molecule has 0 saturated heterocycles. The summed E-state index contributed by atoms with van der Waals surface area (Å²) < 4.78 is 7.71. The van der Waals surface area contributed by atoms with Gasteiger partial charge in [0.1, 0.15) is 5.75 Å². The van der Waals surface area contributed by atoms with Crippen molar-refractivity contribution in [2.75, 3.05) is 18.1 Å². The first kappa shape index (κ1) is 16.6. The Morgan fingerprint density at radius 3 is 2.80 bits per heavy atom. The van der Waals surface area contributed by atoms with Gasteiger partial charge in [0.05, 0.1) is 4.47 Å². The molecular weight excluding hydrogens is 446 g/mol. The van der Waals surface area contributed by atoms with Crippen LogP contribution in [0.5, 0.6) is 5.75 Å². The molecule has 25 heavy (non-hydrogen) atoms. The monoisotopic (exact) mass is 459 g/mol. The van der Waals surface area contributed by atoms with E-state index in [0.717, 1.165) is 31.8 Å². The van der Waals surface area contributed by atoms with Crippen LogP contribution in [0.1, 0.15) is 5.56 Å². The number of hydrogen-bond acceptors (Lipinski definition) is 2. The van der Waals surface area contributed by atoms with E-state index in [1.54, 1.807) is 4.90 Å². The number of halogens is 2. The third-order valence-corrected chi connectivity index (χ3v) is 5.73. The molecule has 5 heteroatoms. The number of ether oxygens (including phenoxy) is 1. The van der Waals surface area contributed by atoms with E-state index in [1.807, 2.05) is 42.5 Å². The predicted molar refractivity (Wildman–Crippen MR) is 107 cm³/mol. The Morgan fingerprint density at radius 1 is 1.08 bits per heavy atom. The number of carbonyl (C=O) groups excluding carboxylic acids is 1. The van der Waals surface area contributed by atoms with Gasteiger partial charge in [0, 0.05) is 16.7 Å². The van der Waals surface area contributed by atoms with Crippen LogP contribution in [0.2, 0.25) is 0 Å². The molecular formula is C20H15Br2NO2. The highest BCUT2D eigenvalue weighted by molar-refractivity contribution is 9.11. The van der Waals surface area contributed by atoms with Crippen LogP contribution in [0.25, 0.3) is 10.8 Å². The maximum absolute atomic E-state index is 12.6. The van der Waals surface area contributed by atoms with Gasteiger partial charge >= 0.3 is 0 Å². The molecule has 1 heterocycles. The molecule has 1 aliphatic heterocycles. The molecule has 0 unspecified atom stereocenters. The fourth-order valence-corrected chi connectivity index (χ4v) is 4.16. The summed E-state index contributed by atoms with van der Waals surface area (Å²) >= 11 is 7.08. The van der Waals surface area contributed by atoms with E-state index < -0.39 is 0 Å². The minimum atomic E-state index is -0.0206. The normalized spacial score (nSPS) is 13.1. The fourth-order valence-electron chi connectivity index (χ4n) is 3.17. The Kier molecular flexibility index (Phi) is 4.52. The lowest BCUT2D eigenvalue weighted by atomic mass is 10.1. The summed E-state index contributed by atoms with van der Waals surface area (Å²) in [6.45, 7) is 0.740. The number of para-hydroxylation sites is 1. The largest absolute Gasteiger partial charge is 0.483 e. The van der Waals surface area contributed by atoms with Crippen LogP contribution in [0, 0.1) is 0 Å². The third kappa shape index (κ3) is 3.18. The van der Waals surface area contributed by atoms with Gasteiger partial charge in [-0.1, -0.05) is 46.3 Å². The van der Waals surface area contributed by atoms with Gasteiger partial charge in [0.15, 0.2) is 6.61 Å². The van der Waals surface area contributed by atoms with E-state index in [4.69, 9.17) is 4.74 Å². The van der Waals surface area contributed by atoms with Crippen LogP contribution < -0.4 is 9.64 Å². The van der Waals surface area contributed by atoms with Gasteiger partial charge in [-0.25, -0.2) is 0 Å².